The SMILES string of the molecule is Cc1nn(C)c(CC(N)c2ccnnc2)c1Cl. The van der Waals surface area contributed by atoms with E-state index in [9.17, 15) is 0 Å². The summed E-state index contributed by atoms with van der Waals surface area (Å²) >= 11 is 6.18. The van der Waals surface area contributed by atoms with E-state index in [2.05, 4.69) is 15.3 Å². The standard InChI is InChI=1S/C11H14ClN5/c1-7-11(12)10(17(2)16-7)5-9(13)8-3-4-14-15-6-8/h3-4,6,9H,5,13H2,1-2H3. The van der Waals surface area contributed by atoms with E-state index in [0.29, 0.717) is 11.4 Å². The molecular formula is C11H14ClN5. The number of hydrogen-bond acceptors (Lipinski definition) is 4. The Hall–Kier alpha value is -1.46. The van der Waals surface area contributed by atoms with Crippen LogP contribution in [0.5, 0.6) is 0 Å². The highest BCUT2D eigenvalue weighted by atomic mass is 35.5. The van der Waals surface area contributed by atoms with Crippen LogP contribution in [0, 0.1) is 6.92 Å². The molecule has 17 heavy (non-hydrogen) atoms. The van der Waals surface area contributed by atoms with Crippen LogP contribution in [-0.2, 0) is 13.5 Å². The molecular weight excluding hydrogens is 238 g/mol. The first-order valence-electron chi connectivity index (χ1n) is 5.29. The van der Waals surface area contributed by atoms with Gasteiger partial charge in [0.05, 0.1) is 22.6 Å². The molecule has 0 saturated carbocycles. The number of rotatable bonds is 3. The molecule has 2 heterocycles. The van der Waals surface area contributed by atoms with Crippen molar-refractivity contribution in [2.24, 2.45) is 12.8 Å². The summed E-state index contributed by atoms with van der Waals surface area (Å²) in [6, 6.07) is 1.70. The minimum absolute atomic E-state index is 0.155. The largest absolute Gasteiger partial charge is 0.324 e. The molecule has 0 bridgehead atoms. The number of aromatic nitrogens is 4. The minimum atomic E-state index is -0.155. The van der Waals surface area contributed by atoms with Crippen LogP contribution in [0.1, 0.15) is 23.0 Å². The summed E-state index contributed by atoms with van der Waals surface area (Å²) in [7, 11) is 1.87. The van der Waals surface area contributed by atoms with Gasteiger partial charge in [0, 0.05) is 25.7 Å². The van der Waals surface area contributed by atoms with Crippen molar-refractivity contribution in [3.63, 3.8) is 0 Å². The third-order valence-corrected chi connectivity index (χ3v) is 3.20. The lowest BCUT2D eigenvalue weighted by molar-refractivity contribution is 0.637. The lowest BCUT2D eigenvalue weighted by Crippen LogP contribution is -2.16. The van der Waals surface area contributed by atoms with Crippen molar-refractivity contribution in [3.05, 3.63) is 40.4 Å². The molecule has 2 aromatic rings. The molecule has 2 N–H and O–H groups in total. The predicted octanol–water partition coefficient (Wildman–Crippen LogP) is 1.41. The maximum atomic E-state index is 6.18. The van der Waals surface area contributed by atoms with E-state index in [1.165, 1.54) is 0 Å². The normalized spacial score (nSPS) is 12.7. The topological polar surface area (TPSA) is 69.6 Å². The zero-order valence-corrected chi connectivity index (χ0v) is 10.5. The lowest BCUT2D eigenvalue weighted by atomic mass is 10.1. The highest BCUT2D eigenvalue weighted by Crippen LogP contribution is 2.23. The molecule has 2 rings (SSSR count). The third kappa shape index (κ3) is 2.45. The zero-order chi connectivity index (χ0) is 12.4. The second kappa shape index (κ2) is 4.81. The van der Waals surface area contributed by atoms with Crippen molar-refractivity contribution in [1.82, 2.24) is 20.0 Å². The van der Waals surface area contributed by atoms with E-state index in [-0.39, 0.29) is 6.04 Å². The number of halogens is 1. The van der Waals surface area contributed by atoms with E-state index in [1.807, 2.05) is 20.0 Å². The van der Waals surface area contributed by atoms with Crippen LogP contribution in [0.25, 0.3) is 0 Å². The molecule has 1 unspecified atom stereocenters. The van der Waals surface area contributed by atoms with Crippen molar-refractivity contribution in [1.29, 1.82) is 0 Å². The number of aryl methyl sites for hydroxylation is 2. The maximum Gasteiger partial charge on any atom is 0.0847 e. The molecule has 0 aliphatic heterocycles. The van der Waals surface area contributed by atoms with Gasteiger partial charge in [0.15, 0.2) is 0 Å². The Kier molecular flexibility index (Phi) is 3.40. The third-order valence-electron chi connectivity index (χ3n) is 2.71. The van der Waals surface area contributed by atoms with Gasteiger partial charge in [0.1, 0.15) is 0 Å². The Balaban J connectivity index is 2.22. The summed E-state index contributed by atoms with van der Waals surface area (Å²) in [5.41, 5.74) is 8.81. The molecule has 2 aromatic heterocycles. The monoisotopic (exact) mass is 251 g/mol. The minimum Gasteiger partial charge on any atom is -0.324 e. The first kappa shape index (κ1) is 12.0. The van der Waals surface area contributed by atoms with E-state index in [0.717, 1.165) is 17.0 Å². The molecule has 1 atom stereocenters. The van der Waals surface area contributed by atoms with Gasteiger partial charge in [0.25, 0.3) is 0 Å². The van der Waals surface area contributed by atoms with Crippen molar-refractivity contribution in [2.75, 3.05) is 0 Å². The highest BCUT2D eigenvalue weighted by Gasteiger charge is 2.15. The van der Waals surface area contributed by atoms with E-state index in [1.54, 1.807) is 17.1 Å². The molecule has 6 heteroatoms. The van der Waals surface area contributed by atoms with E-state index < -0.39 is 0 Å². The van der Waals surface area contributed by atoms with Gasteiger partial charge in [-0.15, -0.1) is 0 Å². The molecule has 90 valence electrons. The van der Waals surface area contributed by atoms with E-state index in [4.69, 9.17) is 17.3 Å². The number of nitrogens with two attached hydrogens (primary N) is 1. The van der Waals surface area contributed by atoms with Crippen LogP contribution in [0.3, 0.4) is 0 Å². The first-order valence-corrected chi connectivity index (χ1v) is 5.67. The second-order valence-corrected chi connectivity index (χ2v) is 4.33. The molecule has 0 spiro atoms. The van der Waals surface area contributed by atoms with Crippen LogP contribution in [0.2, 0.25) is 5.02 Å². The quantitative estimate of drug-likeness (QED) is 0.896. The van der Waals surface area contributed by atoms with Crippen LogP contribution in [0.4, 0.5) is 0 Å². The van der Waals surface area contributed by atoms with Gasteiger partial charge in [-0.25, -0.2) is 0 Å². The summed E-state index contributed by atoms with van der Waals surface area (Å²) in [6.07, 6.45) is 3.93. The Morgan fingerprint density at radius 3 is 2.76 bits per heavy atom. The van der Waals surface area contributed by atoms with Crippen molar-refractivity contribution < 1.29 is 0 Å². The smallest absolute Gasteiger partial charge is 0.0847 e. The molecule has 0 amide bonds. The average Bonchev–Trinajstić information content (AvgIpc) is 2.57. The van der Waals surface area contributed by atoms with Crippen LogP contribution in [0.15, 0.2) is 18.5 Å². The van der Waals surface area contributed by atoms with Gasteiger partial charge in [0.2, 0.25) is 0 Å². The zero-order valence-electron chi connectivity index (χ0n) is 9.76. The first-order chi connectivity index (χ1) is 8.09. The molecule has 0 radical (unpaired) electrons. The summed E-state index contributed by atoms with van der Waals surface area (Å²) < 4.78 is 1.77. The Morgan fingerprint density at radius 2 is 2.24 bits per heavy atom. The molecule has 0 fully saturated rings. The van der Waals surface area contributed by atoms with Gasteiger partial charge in [-0.05, 0) is 18.6 Å². The van der Waals surface area contributed by atoms with Crippen molar-refractivity contribution >= 4 is 11.6 Å². The Bertz CT molecular complexity index is 508. The van der Waals surface area contributed by atoms with Gasteiger partial charge in [-0.1, -0.05) is 11.6 Å². The maximum absolute atomic E-state index is 6.18. The number of hydrogen-bond donors (Lipinski definition) is 1. The highest BCUT2D eigenvalue weighted by molar-refractivity contribution is 6.31. The van der Waals surface area contributed by atoms with Gasteiger partial charge in [-0.3, -0.25) is 4.68 Å². The predicted molar refractivity (Wildman–Crippen MR) is 65.6 cm³/mol. The fourth-order valence-electron chi connectivity index (χ4n) is 1.75. The van der Waals surface area contributed by atoms with Crippen molar-refractivity contribution in [3.8, 4) is 0 Å². The molecule has 5 nitrogen and oxygen atoms in total. The lowest BCUT2D eigenvalue weighted by Gasteiger charge is -2.11. The molecule has 0 aliphatic rings. The molecule has 0 aliphatic carbocycles. The Labute approximate surface area is 105 Å². The molecule has 0 saturated heterocycles. The van der Waals surface area contributed by atoms with Gasteiger partial charge in [-0.2, -0.15) is 15.3 Å². The summed E-state index contributed by atoms with van der Waals surface area (Å²) in [6.45, 7) is 1.88. The average molecular weight is 252 g/mol. The van der Waals surface area contributed by atoms with Crippen LogP contribution in [-0.4, -0.2) is 20.0 Å². The van der Waals surface area contributed by atoms with E-state index >= 15 is 0 Å². The summed E-state index contributed by atoms with van der Waals surface area (Å²) in [5.74, 6) is 0. The van der Waals surface area contributed by atoms with Gasteiger partial charge >= 0.3 is 0 Å². The van der Waals surface area contributed by atoms with Crippen molar-refractivity contribution in [2.45, 2.75) is 19.4 Å². The summed E-state index contributed by atoms with van der Waals surface area (Å²) in [5, 5.41) is 12.5. The van der Waals surface area contributed by atoms with Crippen LogP contribution >= 0.6 is 11.6 Å². The fraction of sp³-hybridized carbons (Fsp3) is 0.364. The number of nitrogens with zero attached hydrogens (tertiary/aromatic N) is 4. The fourth-order valence-corrected chi connectivity index (χ4v) is 1.99. The summed E-state index contributed by atoms with van der Waals surface area (Å²) in [4.78, 5) is 0. The Morgan fingerprint density at radius 1 is 1.47 bits per heavy atom. The van der Waals surface area contributed by atoms with Gasteiger partial charge < -0.3 is 5.73 Å². The van der Waals surface area contributed by atoms with Crippen LogP contribution < -0.4 is 5.73 Å². The second-order valence-electron chi connectivity index (χ2n) is 3.96. The molecule has 0 aromatic carbocycles.